The maximum atomic E-state index is 13.4. The second-order valence-electron chi connectivity index (χ2n) is 10.9. The van der Waals surface area contributed by atoms with Crippen LogP contribution in [-0.2, 0) is 17.9 Å². The molecule has 10 nitrogen and oxygen atoms in total. The van der Waals surface area contributed by atoms with Crippen molar-refractivity contribution in [2.75, 3.05) is 27.3 Å². The van der Waals surface area contributed by atoms with E-state index in [0.29, 0.717) is 55.5 Å². The highest BCUT2D eigenvalue weighted by Crippen LogP contribution is 2.30. The molecule has 224 valence electrons. The Kier molecular flexibility index (Phi) is 9.08. The highest BCUT2D eigenvalue weighted by molar-refractivity contribution is 5.95. The van der Waals surface area contributed by atoms with E-state index in [9.17, 15) is 14.8 Å². The fourth-order valence-corrected chi connectivity index (χ4v) is 5.64. The van der Waals surface area contributed by atoms with Crippen LogP contribution in [0.2, 0.25) is 0 Å². The Hall–Kier alpha value is -4.67. The Morgan fingerprint density at radius 2 is 1.70 bits per heavy atom. The summed E-state index contributed by atoms with van der Waals surface area (Å²) in [5, 5.41) is 13.4. The second kappa shape index (κ2) is 13.1. The van der Waals surface area contributed by atoms with Crippen LogP contribution in [-0.4, -0.2) is 59.8 Å². The summed E-state index contributed by atoms with van der Waals surface area (Å²) in [6.45, 7) is 3.97. The number of hydroxylamine groups is 1. The van der Waals surface area contributed by atoms with E-state index in [1.807, 2.05) is 55.5 Å². The lowest BCUT2D eigenvalue weighted by atomic mass is 9.93. The van der Waals surface area contributed by atoms with Gasteiger partial charge in [-0.1, -0.05) is 18.2 Å². The number of fused-ring (bicyclic) bond motifs is 1. The fourth-order valence-electron chi connectivity index (χ4n) is 5.64. The number of hydrogen-bond acceptors (Lipinski definition) is 8. The van der Waals surface area contributed by atoms with Gasteiger partial charge in [0.25, 0.3) is 5.91 Å². The van der Waals surface area contributed by atoms with Gasteiger partial charge in [-0.25, -0.2) is 5.48 Å². The second-order valence-corrected chi connectivity index (χ2v) is 10.9. The summed E-state index contributed by atoms with van der Waals surface area (Å²) in [6, 6.07) is 22.6. The lowest BCUT2D eigenvalue weighted by molar-refractivity contribution is -0.130. The lowest BCUT2D eigenvalue weighted by Crippen LogP contribution is -2.52. The Bertz CT molecular complexity index is 1590. The molecule has 1 atom stereocenters. The minimum Gasteiger partial charge on any atom is -0.497 e. The Labute approximate surface area is 250 Å². The molecular formula is C33H36N4O6. The molecule has 2 amide bonds. The number of carbonyl (C=O) groups excluding carboxylic acids is 2. The average Bonchev–Trinajstić information content (AvgIpc) is 3.40. The number of aryl methyl sites for hydroxylation is 1. The van der Waals surface area contributed by atoms with Gasteiger partial charge in [-0.3, -0.25) is 24.7 Å². The zero-order chi connectivity index (χ0) is 30.4. The van der Waals surface area contributed by atoms with Gasteiger partial charge in [-0.15, -0.1) is 0 Å². The van der Waals surface area contributed by atoms with E-state index in [0.717, 1.165) is 27.7 Å². The van der Waals surface area contributed by atoms with Crippen molar-refractivity contribution >= 4 is 22.7 Å². The minimum absolute atomic E-state index is 0.0618. The SMILES string of the molecule is COc1cc(CN2CCC(CC(=O)NO)(NC(=O)c3ccc(OCc4cc(C)nc5ccccc45)cc3)C2)cc(OC)c1. The quantitative estimate of drug-likeness (QED) is 0.175. The topological polar surface area (TPSA) is 122 Å². The van der Waals surface area contributed by atoms with Crippen molar-refractivity contribution in [3.8, 4) is 17.2 Å². The lowest BCUT2D eigenvalue weighted by Gasteiger charge is -2.30. The van der Waals surface area contributed by atoms with Crippen molar-refractivity contribution in [2.45, 2.75) is 38.5 Å². The third kappa shape index (κ3) is 7.22. The Morgan fingerprint density at radius 3 is 2.40 bits per heavy atom. The summed E-state index contributed by atoms with van der Waals surface area (Å²) in [4.78, 5) is 32.4. The number of para-hydroxylation sites is 1. The summed E-state index contributed by atoms with van der Waals surface area (Å²) < 4.78 is 16.8. The molecule has 3 aromatic carbocycles. The molecule has 0 bridgehead atoms. The summed E-state index contributed by atoms with van der Waals surface area (Å²) in [7, 11) is 3.20. The number of amides is 2. The van der Waals surface area contributed by atoms with E-state index in [2.05, 4.69) is 15.2 Å². The summed E-state index contributed by atoms with van der Waals surface area (Å²) in [6.07, 6.45) is 0.474. The smallest absolute Gasteiger partial charge is 0.251 e. The molecule has 0 saturated carbocycles. The maximum absolute atomic E-state index is 13.4. The van der Waals surface area contributed by atoms with Crippen LogP contribution in [0.1, 0.15) is 40.0 Å². The molecule has 10 heteroatoms. The number of rotatable bonds is 11. The molecule has 5 rings (SSSR count). The fraction of sp³-hybridized carbons (Fsp3) is 0.303. The first-order valence-electron chi connectivity index (χ1n) is 14.1. The van der Waals surface area contributed by atoms with Gasteiger partial charge in [0.2, 0.25) is 5.91 Å². The van der Waals surface area contributed by atoms with Gasteiger partial charge < -0.3 is 19.5 Å². The van der Waals surface area contributed by atoms with E-state index in [1.165, 1.54) is 0 Å². The Morgan fingerprint density at radius 1 is 0.977 bits per heavy atom. The first kappa shape index (κ1) is 29.8. The van der Waals surface area contributed by atoms with Gasteiger partial charge in [0.1, 0.15) is 23.9 Å². The van der Waals surface area contributed by atoms with Crippen LogP contribution in [0.15, 0.2) is 72.8 Å². The zero-order valence-electron chi connectivity index (χ0n) is 24.6. The third-order valence-electron chi connectivity index (χ3n) is 7.69. The monoisotopic (exact) mass is 584 g/mol. The predicted molar refractivity (Wildman–Crippen MR) is 161 cm³/mol. The molecule has 1 unspecified atom stereocenters. The van der Waals surface area contributed by atoms with Crippen LogP contribution in [0.3, 0.4) is 0 Å². The number of methoxy groups -OCH3 is 2. The summed E-state index contributed by atoms with van der Waals surface area (Å²) in [5.74, 6) is 1.13. The standard InChI is InChI=1S/C33H36N4O6/c1-22-14-25(29-6-4-5-7-30(29)34-22)20-43-26-10-8-24(9-11-26)32(39)35-33(18-31(38)36-40)12-13-37(21-33)19-23-15-27(41-2)17-28(16-23)42-3/h4-11,14-17,40H,12-13,18-21H2,1-3H3,(H,35,39)(H,36,38). The number of likely N-dealkylation sites (tertiary alicyclic amines) is 1. The van der Waals surface area contributed by atoms with Crippen LogP contribution in [0.4, 0.5) is 0 Å². The van der Waals surface area contributed by atoms with Gasteiger partial charge in [0.15, 0.2) is 0 Å². The molecule has 3 N–H and O–H groups in total. The first-order valence-corrected chi connectivity index (χ1v) is 14.1. The highest BCUT2D eigenvalue weighted by Gasteiger charge is 2.41. The molecule has 1 fully saturated rings. The predicted octanol–water partition coefficient (Wildman–Crippen LogP) is 4.41. The van der Waals surface area contributed by atoms with Gasteiger partial charge in [-0.05, 0) is 67.4 Å². The number of hydrogen-bond donors (Lipinski definition) is 3. The number of nitrogens with one attached hydrogen (secondary N) is 2. The Balaban J connectivity index is 1.25. The van der Waals surface area contributed by atoms with Crippen LogP contribution in [0.5, 0.6) is 17.2 Å². The van der Waals surface area contributed by atoms with Crippen LogP contribution in [0, 0.1) is 6.92 Å². The zero-order valence-corrected chi connectivity index (χ0v) is 24.6. The van der Waals surface area contributed by atoms with Crippen LogP contribution >= 0.6 is 0 Å². The molecule has 0 radical (unpaired) electrons. The third-order valence-corrected chi connectivity index (χ3v) is 7.69. The molecule has 1 aliphatic heterocycles. The number of pyridine rings is 1. The molecule has 1 aliphatic rings. The molecular weight excluding hydrogens is 548 g/mol. The molecule has 4 aromatic rings. The van der Waals surface area contributed by atoms with Crippen molar-refractivity contribution < 1.29 is 29.0 Å². The van der Waals surface area contributed by atoms with Crippen LogP contribution in [0.25, 0.3) is 10.9 Å². The van der Waals surface area contributed by atoms with Crippen molar-refractivity contribution in [1.82, 2.24) is 20.7 Å². The van der Waals surface area contributed by atoms with E-state index < -0.39 is 11.4 Å². The van der Waals surface area contributed by atoms with Gasteiger partial charge in [0, 0.05) is 47.9 Å². The average molecular weight is 585 g/mol. The summed E-state index contributed by atoms with van der Waals surface area (Å²) in [5.41, 5.74) is 5.15. The van der Waals surface area contributed by atoms with Gasteiger partial charge in [-0.2, -0.15) is 0 Å². The highest BCUT2D eigenvalue weighted by atomic mass is 16.5. The normalized spacial score (nSPS) is 16.6. The van der Waals surface area contributed by atoms with Gasteiger partial charge >= 0.3 is 0 Å². The van der Waals surface area contributed by atoms with E-state index in [4.69, 9.17) is 14.2 Å². The minimum atomic E-state index is -0.859. The van der Waals surface area contributed by atoms with Gasteiger partial charge in [0.05, 0.1) is 31.7 Å². The number of aromatic nitrogens is 1. The van der Waals surface area contributed by atoms with Crippen molar-refractivity contribution in [3.63, 3.8) is 0 Å². The molecule has 1 saturated heterocycles. The van der Waals surface area contributed by atoms with Crippen molar-refractivity contribution in [3.05, 3.63) is 95.2 Å². The number of carbonyl (C=O) groups is 2. The number of benzene rings is 3. The molecule has 2 heterocycles. The number of ether oxygens (including phenoxy) is 3. The largest absolute Gasteiger partial charge is 0.497 e. The van der Waals surface area contributed by atoms with E-state index >= 15 is 0 Å². The molecule has 43 heavy (non-hydrogen) atoms. The molecule has 0 spiro atoms. The molecule has 0 aliphatic carbocycles. The number of nitrogens with zero attached hydrogens (tertiary/aromatic N) is 2. The van der Waals surface area contributed by atoms with Crippen LogP contribution < -0.4 is 25.0 Å². The van der Waals surface area contributed by atoms with Crippen molar-refractivity contribution in [2.24, 2.45) is 0 Å². The summed E-state index contributed by atoms with van der Waals surface area (Å²) >= 11 is 0. The van der Waals surface area contributed by atoms with E-state index in [-0.39, 0.29) is 12.3 Å². The first-order chi connectivity index (χ1) is 20.8. The maximum Gasteiger partial charge on any atom is 0.251 e. The van der Waals surface area contributed by atoms with Crippen molar-refractivity contribution in [1.29, 1.82) is 0 Å². The molecule has 1 aromatic heterocycles. The van der Waals surface area contributed by atoms with E-state index in [1.54, 1.807) is 44.0 Å².